The van der Waals surface area contributed by atoms with Crippen LogP contribution in [-0.4, -0.2) is 25.0 Å². The van der Waals surface area contributed by atoms with E-state index < -0.39 is 0 Å². The van der Waals surface area contributed by atoms with E-state index in [0.29, 0.717) is 11.7 Å². The van der Waals surface area contributed by atoms with E-state index in [0.717, 1.165) is 17.7 Å². The van der Waals surface area contributed by atoms with E-state index in [9.17, 15) is 0 Å². The average molecular weight is 313 g/mol. The van der Waals surface area contributed by atoms with E-state index in [2.05, 4.69) is 28.0 Å². The molecule has 0 saturated heterocycles. The van der Waals surface area contributed by atoms with E-state index in [-0.39, 0.29) is 0 Å². The molecule has 0 heterocycles. The highest BCUT2D eigenvalue weighted by molar-refractivity contribution is 7.80. The summed E-state index contributed by atoms with van der Waals surface area (Å²) in [5, 5.41) is 7.35. The van der Waals surface area contributed by atoms with E-state index in [1.807, 2.05) is 42.5 Å². The van der Waals surface area contributed by atoms with Crippen LogP contribution in [0.1, 0.15) is 11.1 Å². The Balaban J connectivity index is 1.92. The fourth-order valence-corrected chi connectivity index (χ4v) is 1.91. The summed E-state index contributed by atoms with van der Waals surface area (Å²) in [6, 6.07) is 18.0. The first-order chi connectivity index (χ1) is 10.8. The van der Waals surface area contributed by atoms with Crippen molar-refractivity contribution in [1.29, 1.82) is 0 Å². The number of hydrazone groups is 1. The van der Waals surface area contributed by atoms with Gasteiger partial charge in [-0.1, -0.05) is 42.5 Å². The van der Waals surface area contributed by atoms with Crippen LogP contribution in [0, 0.1) is 0 Å². The van der Waals surface area contributed by atoms with Gasteiger partial charge in [0.05, 0.1) is 12.8 Å². The van der Waals surface area contributed by atoms with Crippen LogP contribution in [0.2, 0.25) is 0 Å². The molecule has 0 aliphatic carbocycles. The predicted octanol–water partition coefficient (Wildman–Crippen LogP) is 2.74. The lowest BCUT2D eigenvalue weighted by atomic mass is 10.2. The van der Waals surface area contributed by atoms with Crippen LogP contribution in [-0.2, 0) is 6.42 Å². The molecule has 114 valence electrons. The molecule has 0 aromatic heterocycles. The Kier molecular flexibility index (Phi) is 6.39. The molecule has 0 amide bonds. The zero-order valence-electron chi connectivity index (χ0n) is 12.5. The summed E-state index contributed by atoms with van der Waals surface area (Å²) in [4.78, 5) is 0. The molecule has 22 heavy (non-hydrogen) atoms. The second-order valence-electron chi connectivity index (χ2n) is 4.57. The number of rotatable bonds is 6. The second kappa shape index (κ2) is 8.79. The van der Waals surface area contributed by atoms with Crippen molar-refractivity contribution in [3.8, 4) is 5.75 Å². The summed E-state index contributed by atoms with van der Waals surface area (Å²) >= 11 is 4.96. The number of nitrogens with zero attached hydrogens (tertiary/aromatic N) is 1. The van der Waals surface area contributed by atoms with Gasteiger partial charge in [-0.2, -0.15) is 5.10 Å². The smallest absolute Gasteiger partial charge is 0.186 e. The predicted molar refractivity (Wildman–Crippen MR) is 94.5 cm³/mol. The van der Waals surface area contributed by atoms with Crippen molar-refractivity contribution in [2.24, 2.45) is 5.10 Å². The number of para-hydroxylation sites is 1. The first kappa shape index (κ1) is 16.0. The standard InChI is InChI=1S/C17H19N3OS/c1-18-17(22)20-19-13-15-9-5-6-10-16(15)21-12-11-14-7-3-2-4-8-14/h2-10,13H,11-12H2,1H3,(H2,18,20,22). The number of hydrogen-bond acceptors (Lipinski definition) is 3. The van der Waals surface area contributed by atoms with Gasteiger partial charge in [-0.05, 0) is 29.9 Å². The Bertz CT molecular complexity index is 629. The Morgan fingerprint density at radius 2 is 1.86 bits per heavy atom. The van der Waals surface area contributed by atoms with Gasteiger partial charge in [-0.3, -0.25) is 5.43 Å². The lowest BCUT2D eigenvalue weighted by Crippen LogP contribution is -2.28. The number of thiocarbonyl (C=S) groups is 1. The minimum Gasteiger partial charge on any atom is -0.493 e. The quantitative estimate of drug-likeness (QED) is 0.489. The van der Waals surface area contributed by atoms with Gasteiger partial charge in [-0.15, -0.1) is 0 Å². The van der Waals surface area contributed by atoms with Crippen molar-refractivity contribution in [2.75, 3.05) is 13.7 Å². The van der Waals surface area contributed by atoms with Gasteiger partial charge in [0.1, 0.15) is 5.75 Å². The van der Waals surface area contributed by atoms with Crippen LogP contribution >= 0.6 is 12.2 Å². The molecule has 2 aromatic rings. The van der Waals surface area contributed by atoms with Gasteiger partial charge in [-0.25, -0.2) is 0 Å². The summed E-state index contributed by atoms with van der Waals surface area (Å²) in [6.07, 6.45) is 2.57. The van der Waals surface area contributed by atoms with Crippen LogP contribution < -0.4 is 15.5 Å². The maximum absolute atomic E-state index is 5.86. The van der Waals surface area contributed by atoms with Gasteiger partial charge in [0.2, 0.25) is 0 Å². The Morgan fingerprint density at radius 3 is 2.64 bits per heavy atom. The molecule has 0 radical (unpaired) electrons. The fourth-order valence-electron chi connectivity index (χ4n) is 1.86. The summed E-state index contributed by atoms with van der Waals surface area (Å²) in [5.74, 6) is 0.805. The van der Waals surface area contributed by atoms with E-state index >= 15 is 0 Å². The third kappa shape index (κ3) is 5.18. The van der Waals surface area contributed by atoms with Crippen LogP contribution in [0.3, 0.4) is 0 Å². The highest BCUT2D eigenvalue weighted by Crippen LogP contribution is 2.16. The molecule has 0 unspecified atom stereocenters. The van der Waals surface area contributed by atoms with Gasteiger partial charge in [0.15, 0.2) is 5.11 Å². The molecule has 0 atom stereocenters. The monoisotopic (exact) mass is 313 g/mol. The maximum atomic E-state index is 5.86. The normalized spacial score (nSPS) is 10.4. The molecule has 0 bridgehead atoms. The summed E-state index contributed by atoms with van der Waals surface area (Å²) in [7, 11) is 1.74. The molecule has 2 N–H and O–H groups in total. The molecule has 0 saturated carbocycles. The van der Waals surface area contributed by atoms with Gasteiger partial charge in [0.25, 0.3) is 0 Å². The third-order valence-electron chi connectivity index (χ3n) is 3.01. The van der Waals surface area contributed by atoms with Crippen molar-refractivity contribution in [2.45, 2.75) is 6.42 Å². The molecular weight excluding hydrogens is 294 g/mol. The molecular formula is C17H19N3OS. The molecule has 2 rings (SSSR count). The summed E-state index contributed by atoms with van der Waals surface area (Å²) in [5.41, 5.74) is 4.89. The fraction of sp³-hybridized carbons (Fsp3) is 0.176. The van der Waals surface area contributed by atoms with E-state index in [1.165, 1.54) is 5.56 Å². The highest BCUT2D eigenvalue weighted by atomic mass is 32.1. The van der Waals surface area contributed by atoms with Crippen molar-refractivity contribution in [3.05, 3.63) is 65.7 Å². The maximum Gasteiger partial charge on any atom is 0.186 e. The largest absolute Gasteiger partial charge is 0.493 e. The third-order valence-corrected chi connectivity index (χ3v) is 3.30. The SMILES string of the molecule is CNC(=S)NN=Cc1ccccc1OCCc1ccccc1. The lowest BCUT2D eigenvalue weighted by Gasteiger charge is -2.09. The highest BCUT2D eigenvalue weighted by Gasteiger charge is 2.01. The topological polar surface area (TPSA) is 45.7 Å². The Morgan fingerprint density at radius 1 is 1.14 bits per heavy atom. The van der Waals surface area contributed by atoms with Crippen molar-refractivity contribution in [1.82, 2.24) is 10.7 Å². The minimum absolute atomic E-state index is 0.471. The van der Waals surface area contributed by atoms with Crippen molar-refractivity contribution in [3.63, 3.8) is 0 Å². The molecule has 0 fully saturated rings. The van der Waals surface area contributed by atoms with Gasteiger partial charge >= 0.3 is 0 Å². The molecule has 0 aliphatic heterocycles. The van der Waals surface area contributed by atoms with Gasteiger partial charge < -0.3 is 10.1 Å². The van der Waals surface area contributed by atoms with E-state index in [1.54, 1.807) is 13.3 Å². The summed E-state index contributed by atoms with van der Waals surface area (Å²) < 4.78 is 5.86. The van der Waals surface area contributed by atoms with Crippen molar-refractivity contribution < 1.29 is 4.74 Å². The minimum atomic E-state index is 0.471. The van der Waals surface area contributed by atoms with Crippen molar-refractivity contribution >= 4 is 23.5 Å². The number of ether oxygens (including phenoxy) is 1. The Labute approximate surface area is 136 Å². The molecule has 0 aliphatic rings. The molecule has 4 nitrogen and oxygen atoms in total. The van der Waals surface area contributed by atoms with Gasteiger partial charge in [0, 0.05) is 19.0 Å². The van der Waals surface area contributed by atoms with Crippen LogP contribution in [0.4, 0.5) is 0 Å². The second-order valence-corrected chi connectivity index (χ2v) is 4.98. The van der Waals surface area contributed by atoms with Crippen LogP contribution in [0.5, 0.6) is 5.75 Å². The van der Waals surface area contributed by atoms with Crippen LogP contribution in [0.15, 0.2) is 59.7 Å². The first-order valence-corrected chi connectivity index (χ1v) is 7.47. The average Bonchev–Trinajstić information content (AvgIpc) is 2.57. The molecule has 2 aromatic carbocycles. The molecule has 5 heteroatoms. The summed E-state index contributed by atoms with van der Waals surface area (Å²) in [6.45, 7) is 0.622. The lowest BCUT2D eigenvalue weighted by molar-refractivity contribution is 0.321. The number of benzene rings is 2. The Hall–Kier alpha value is -2.40. The number of nitrogens with one attached hydrogen (secondary N) is 2. The van der Waals surface area contributed by atoms with E-state index in [4.69, 9.17) is 17.0 Å². The first-order valence-electron chi connectivity index (χ1n) is 7.06. The van der Waals surface area contributed by atoms with Crippen LogP contribution in [0.25, 0.3) is 0 Å². The zero-order chi connectivity index (χ0) is 15.6. The zero-order valence-corrected chi connectivity index (χ0v) is 13.3. The number of hydrogen-bond donors (Lipinski definition) is 2. The molecule has 0 spiro atoms.